The lowest BCUT2D eigenvalue weighted by Crippen LogP contribution is -2.37. The highest BCUT2D eigenvalue weighted by Crippen LogP contribution is 2.36. The summed E-state index contributed by atoms with van der Waals surface area (Å²) in [5.41, 5.74) is 6.02. The number of carboxylic acid groups (broad SMARTS) is 1. The molecule has 0 aliphatic carbocycles. The summed E-state index contributed by atoms with van der Waals surface area (Å²) in [5.74, 6) is -2.05. The van der Waals surface area contributed by atoms with Crippen LogP contribution in [0.15, 0.2) is 23.3 Å². The first-order valence-corrected chi connectivity index (χ1v) is 9.66. The molecule has 0 aromatic carbocycles. The van der Waals surface area contributed by atoms with Crippen LogP contribution >= 0.6 is 0 Å². The van der Waals surface area contributed by atoms with E-state index in [0.717, 1.165) is 11.5 Å². The molecule has 0 amide bonds. The Morgan fingerprint density at radius 3 is 2.88 bits per heavy atom. The third-order valence-electron chi connectivity index (χ3n) is 5.08. The minimum absolute atomic E-state index is 0.0512. The molecule has 32 heavy (non-hydrogen) atoms. The normalized spacial score (nSPS) is 22.9. The number of halogens is 1. The maximum absolute atomic E-state index is 15.1. The molecule has 3 aromatic heterocycles. The largest absolute Gasteiger partial charge is 0.481 e. The van der Waals surface area contributed by atoms with Gasteiger partial charge in [-0.05, 0) is 12.5 Å². The number of esters is 1. The summed E-state index contributed by atoms with van der Waals surface area (Å²) < 4.78 is 28.3. The van der Waals surface area contributed by atoms with Crippen molar-refractivity contribution in [1.29, 1.82) is 0 Å². The molecule has 1 saturated heterocycles. The van der Waals surface area contributed by atoms with Crippen molar-refractivity contribution in [3.8, 4) is 0 Å². The van der Waals surface area contributed by atoms with Crippen molar-refractivity contribution in [2.45, 2.75) is 50.9 Å². The predicted octanol–water partition coefficient (Wildman–Crippen LogP) is -0.0214. The van der Waals surface area contributed by atoms with Crippen molar-refractivity contribution >= 4 is 29.1 Å². The number of aromatic amines is 1. The molecular formula is C18H20FN7O6. The highest BCUT2D eigenvalue weighted by atomic mass is 19.1. The Labute approximate surface area is 179 Å². The number of nitrogens with zero attached hydrogens (tertiary/aromatic N) is 5. The molecule has 4 rings (SSSR count). The van der Waals surface area contributed by atoms with E-state index in [-0.39, 0.29) is 36.5 Å². The number of nitrogen functional groups attached to an aromatic ring is 1. The van der Waals surface area contributed by atoms with Gasteiger partial charge in [0.2, 0.25) is 5.95 Å². The number of fused-ring (bicyclic) bond motifs is 1. The molecule has 4 atom stereocenters. The van der Waals surface area contributed by atoms with Gasteiger partial charge in [0.15, 0.2) is 24.2 Å². The molecule has 0 spiro atoms. The summed E-state index contributed by atoms with van der Waals surface area (Å²) in [6, 6.07) is 1.67. The van der Waals surface area contributed by atoms with Gasteiger partial charge < -0.3 is 20.3 Å². The lowest BCUT2D eigenvalue weighted by atomic mass is 10.1. The molecule has 4 heterocycles. The quantitative estimate of drug-likeness (QED) is 0.415. The van der Waals surface area contributed by atoms with Crippen molar-refractivity contribution in [3.63, 3.8) is 0 Å². The predicted molar refractivity (Wildman–Crippen MR) is 105 cm³/mol. The lowest BCUT2D eigenvalue weighted by molar-refractivity contribution is -0.154. The van der Waals surface area contributed by atoms with Crippen molar-refractivity contribution in [1.82, 2.24) is 29.3 Å². The van der Waals surface area contributed by atoms with E-state index >= 15 is 4.39 Å². The van der Waals surface area contributed by atoms with Crippen LogP contribution in [0.1, 0.15) is 31.7 Å². The molecule has 1 aliphatic rings. The Kier molecular flexibility index (Phi) is 5.61. The zero-order valence-electron chi connectivity index (χ0n) is 16.8. The molecule has 0 saturated carbocycles. The molecule has 13 nitrogen and oxygen atoms in total. The van der Waals surface area contributed by atoms with Crippen LogP contribution in [-0.4, -0.2) is 64.7 Å². The second-order valence-corrected chi connectivity index (χ2v) is 7.27. The van der Waals surface area contributed by atoms with Crippen molar-refractivity contribution < 1.29 is 28.6 Å². The van der Waals surface area contributed by atoms with E-state index < -0.39 is 42.2 Å². The Hall–Kier alpha value is -3.81. The van der Waals surface area contributed by atoms with E-state index in [1.165, 1.54) is 17.0 Å². The molecule has 4 unspecified atom stereocenters. The molecule has 0 bridgehead atoms. The molecule has 3 aromatic rings. The van der Waals surface area contributed by atoms with Gasteiger partial charge in [0, 0.05) is 19.5 Å². The average molecular weight is 449 g/mol. The van der Waals surface area contributed by atoms with Crippen LogP contribution in [0.2, 0.25) is 0 Å². The fraction of sp³-hybridized carbons (Fsp3) is 0.444. The van der Waals surface area contributed by atoms with Gasteiger partial charge >= 0.3 is 17.6 Å². The second-order valence-electron chi connectivity index (χ2n) is 7.27. The van der Waals surface area contributed by atoms with Crippen LogP contribution in [0.4, 0.5) is 10.3 Å². The Morgan fingerprint density at radius 1 is 1.44 bits per heavy atom. The number of imidazole rings is 1. The number of carbonyl (C=O) groups excluding carboxylic acids is 1. The maximum atomic E-state index is 15.1. The summed E-state index contributed by atoms with van der Waals surface area (Å²) in [6.45, 7) is 1.17. The van der Waals surface area contributed by atoms with Crippen LogP contribution in [0.5, 0.6) is 0 Å². The van der Waals surface area contributed by atoms with E-state index in [1.807, 2.05) is 0 Å². The molecule has 14 heteroatoms. The van der Waals surface area contributed by atoms with Crippen LogP contribution < -0.4 is 11.4 Å². The molecule has 1 aliphatic heterocycles. The molecule has 4 N–H and O–H groups in total. The van der Waals surface area contributed by atoms with Gasteiger partial charge in [-0.2, -0.15) is 10.1 Å². The number of alkyl halides is 1. The topological polar surface area (TPSA) is 180 Å². The number of aliphatic carboxylic acids is 1. The molecular weight excluding hydrogens is 429 g/mol. The minimum atomic E-state index is -1.86. The summed E-state index contributed by atoms with van der Waals surface area (Å²) >= 11 is 0. The van der Waals surface area contributed by atoms with Gasteiger partial charge in [-0.1, -0.05) is 0 Å². The first-order chi connectivity index (χ1) is 15.3. The monoisotopic (exact) mass is 449 g/mol. The number of H-pyrrole nitrogens is 1. The zero-order valence-corrected chi connectivity index (χ0v) is 16.8. The number of nitrogens with one attached hydrogen (secondary N) is 1. The Morgan fingerprint density at radius 2 is 2.22 bits per heavy atom. The second kappa shape index (κ2) is 8.37. The fourth-order valence-corrected chi connectivity index (χ4v) is 3.71. The standard InChI is InChI=1S/C18H20FN7O6/c1-8(27)31-14-13(19)11(2-3-12(28)29)32-16(14)26-15-10(6-21-17(20)23-15)25(18(26)30)7-9-4-5-22-24-9/h4-6,11,13-14,16H,2-3,7H2,1H3,(H,22,24)(H,28,29)(H2,20,21,23). The van der Waals surface area contributed by atoms with Crippen molar-refractivity contribution in [2.24, 2.45) is 0 Å². The Balaban J connectivity index is 1.81. The smallest absolute Gasteiger partial charge is 0.333 e. The molecule has 0 radical (unpaired) electrons. The van der Waals surface area contributed by atoms with Gasteiger partial charge in [-0.25, -0.2) is 18.7 Å². The highest BCUT2D eigenvalue weighted by Gasteiger charge is 2.49. The Bertz CT molecular complexity index is 1210. The summed E-state index contributed by atoms with van der Waals surface area (Å²) in [5, 5.41) is 15.5. The fourth-order valence-electron chi connectivity index (χ4n) is 3.71. The number of rotatable bonds is 7. The van der Waals surface area contributed by atoms with Crippen molar-refractivity contribution in [2.75, 3.05) is 5.73 Å². The third-order valence-corrected chi connectivity index (χ3v) is 5.08. The van der Waals surface area contributed by atoms with Gasteiger partial charge in [-0.3, -0.25) is 19.3 Å². The van der Waals surface area contributed by atoms with Crippen LogP contribution in [0, 0.1) is 0 Å². The van der Waals surface area contributed by atoms with E-state index in [4.69, 9.17) is 20.3 Å². The molecule has 170 valence electrons. The van der Waals surface area contributed by atoms with Crippen LogP contribution in [-0.2, 0) is 25.6 Å². The maximum Gasteiger partial charge on any atom is 0.333 e. The zero-order chi connectivity index (χ0) is 23.0. The van der Waals surface area contributed by atoms with E-state index in [1.54, 1.807) is 6.07 Å². The van der Waals surface area contributed by atoms with E-state index in [9.17, 15) is 14.4 Å². The molecule has 1 fully saturated rings. The number of hydrogen-bond acceptors (Lipinski definition) is 9. The summed E-state index contributed by atoms with van der Waals surface area (Å²) in [7, 11) is 0. The van der Waals surface area contributed by atoms with Gasteiger partial charge in [0.25, 0.3) is 0 Å². The first kappa shape index (κ1) is 21.4. The van der Waals surface area contributed by atoms with Crippen LogP contribution in [0.25, 0.3) is 11.2 Å². The number of ether oxygens (including phenoxy) is 2. The third kappa shape index (κ3) is 3.91. The summed E-state index contributed by atoms with van der Waals surface area (Å²) in [4.78, 5) is 44.0. The summed E-state index contributed by atoms with van der Waals surface area (Å²) in [6.07, 6.45) is -3.63. The number of hydrogen-bond donors (Lipinski definition) is 3. The first-order valence-electron chi connectivity index (χ1n) is 9.66. The van der Waals surface area contributed by atoms with E-state index in [2.05, 4.69) is 20.2 Å². The average Bonchev–Trinajstić information content (AvgIpc) is 3.40. The number of nitrogens with two attached hydrogens (primary N) is 1. The van der Waals surface area contributed by atoms with Gasteiger partial charge in [0.1, 0.15) is 5.52 Å². The number of anilines is 1. The van der Waals surface area contributed by atoms with Crippen LogP contribution in [0.3, 0.4) is 0 Å². The van der Waals surface area contributed by atoms with Gasteiger partial charge in [-0.15, -0.1) is 0 Å². The van der Waals surface area contributed by atoms with E-state index in [0.29, 0.717) is 5.69 Å². The number of aromatic nitrogens is 6. The lowest BCUT2D eigenvalue weighted by Gasteiger charge is -2.19. The minimum Gasteiger partial charge on any atom is -0.481 e. The highest BCUT2D eigenvalue weighted by molar-refractivity contribution is 5.72. The number of carbonyl (C=O) groups is 2. The van der Waals surface area contributed by atoms with Gasteiger partial charge in [0.05, 0.1) is 24.5 Å². The SMILES string of the molecule is CC(=O)OC1C(F)C(CCC(=O)O)OC1n1c(=O)n(Cc2ccn[nH]2)c2cnc(N)nc21. The van der Waals surface area contributed by atoms with Crippen molar-refractivity contribution in [3.05, 3.63) is 34.6 Å². The number of carboxylic acids is 1.